The third-order valence-corrected chi connectivity index (χ3v) is 2.19. The van der Waals surface area contributed by atoms with Crippen molar-refractivity contribution < 1.29 is 18.7 Å². The lowest BCUT2D eigenvalue weighted by Gasteiger charge is -2.08. The van der Waals surface area contributed by atoms with E-state index in [1.165, 1.54) is 0 Å². The van der Waals surface area contributed by atoms with E-state index in [0.717, 1.165) is 6.07 Å². The molecular formula is C8H5Cl2F2NO2. The standard InChI is InChI=1S/C8H5Cl2F2NO2/c9-2-3-1-4(7(11)12)5(8(14)15)6(10)13-3/h1,7H,2H2,(H,14,15). The van der Waals surface area contributed by atoms with E-state index in [2.05, 4.69) is 4.98 Å². The number of aromatic carboxylic acids is 1. The molecule has 0 aliphatic heterocycles. The molecule has 0 aliphatic rings. The number of alkyl halides is 3. The molecule has 0 radical (unpaired) electrons. The summed E-state index contributed by atoms with van der Waals surface area (Å²) in [6.45, 7) is 0. The summed E-state index contributed by atoms with van der Waals surface area (Å²) in [7, 11) is 0. The molecule has 0 saturated heterocycles. The van der Waals surface area contributed by atoms with E-state index in [9.17, 15) is 13.6 Å². The maximum Gasteiger partial charge on any atom is 0.339 e. The lowest BCUT2D eigenvalue weighted by atomic mass is 10.1. The van der Waals surface area contributed by atoms with E-state index >= 15 is 0 Å². The normalized spacial score (nSPS) is 10.7. The van der Waals surface area contributed by atoms with Crippen LogP contribution in [0.15, 0.2) is 6.07 Å². The highest BCUT2D eigenvalue weighted by atomic mass is 35.5. The number of hydrogen-bond acceptors (Lipinski definition) is 2. The monoisotopic (exact) mass is 255 g/mol. The Morgan fingerprint density at radius 1 is 1.60 bits per heavy atom. The molecule has 0 saturated carbocycles. The first-order valence-electron chi connectivity index (χ1n) is 3.74. The number of pyridine rings is 1. The Bertz CT molecular complexity index is 398. The molecule has 15 heavy (non-hydrogen) atoms. The van der Waals surface area contributed by atoms with Gasteiger partial charge in [0.05, 0.1) is 11.6 Å². The minimum absolute atomic E-state index is 0.112. The van der Waals surface area contributed by atoms with E-state index in [1.807, 2.05) is 0 Å². The summed E-state index contributed by atoms with van der Waals surface area (Å²) in [6.07, 6.45) is -2.93. The molecule has 0 unspecified atom stereocenters. The number of rotatable bonds is 3. The van der Waals surface area contributed by atoms with Gasteiger partial charge in [-0.2, -0.15) is 0 Å². The van der Waals surface area contributed by atoms with Crippen molar-refractivity contribution in [1.29, 1.82) is 0 Å². The smallest absolute Gasteiger partial charge is 0.339 e. The highest BCUT2D eigenvalue weighted by molar-refractivity contribution is 6.32. The van der Waals surface area contributed by atoms with Crippen LogP contribution >= 0.6 is 23.2 Å². The van der Waals surface area contributed by atoms with Crippen LogP contribution in [0, 0.1) is 0 Å². The molecule has 82 valence electrons. The molecule has 0 atom stereocenters. The van der Waals surface area contributed by atoms with E-state index in [-0.39, 0.29) is 11.6 Å². The van der Waals surface area contributed by atoms with Crippen LogP contribution < -0.4 is 0 Å². The fourth-order valence-corrected chi connectivity index (χ4v) is 1.47. The maximum atomic E-state index is 12.5. The Labute approximate surface area is 93.6 Å². The van der Waals surface area contributed by atoms with Gasteiger partial charge in [-0.3, -0.25) is 0 Å². The van der Waals surface area contributed by atoms with Crippen LogP contribution in [0.5, 0.6) is 0 Å². The molecule has 1 heterocycles. The predicted molar refractivity (Wildman–Crippen MR) is 50.7 cm³/mol. The van der Waals surface area contributed by atoms with Gasteiger partial charge in [0.2, 0.25) is 0 Å². The first kappa shape index (κ1) is 12.1. The van der Waals surface area contributed by atoms with Gasteiger partial charge in [-0.25, -0.2) is 18.6 Å². The second-order valence-electron chi connectivity index (χ2n) is 2.61. The van der Waals surface area contributed by atoms with Crippen LogP contribution in [0.25, 0.3) is 0 Å². The number of halogens is 4. The lowest BCUT2D eigenvalue weighted by Crippen LogP contribution is -2.07. The molecule has 1 aromatic rings. The number of carboxylic acid groups (broad SMARTS) is 1. The zero-order chi connectivity index (χ0) is 11.6. The second-order valence-corrected chi connectivity index (χ2v) is 3.23. The first-order chi connectivity index (χ1) is 6.97. The number of aromatic nitrogens is 1. The summed E-state index contributed by atoms with van der Waals surface area (Å²) >= 11 is 10.9. The van der Waals surface area contributed by atoms with Gasteiger partial charge in [-0.1, -0.05) is 11.6 Å². The van der Waals surface area contributed by atoms with Gasteiger partial charge in [0, 0.05) is 5.56 Å². The third-order valence-electron chi connectivity index (χ3n) is 1.64. The summed E-state index contributed by atoms with van der Waals surface area (Å²) in [6, 6.07) is 0.938. The van der Waals surface area contributed by atoms with Gasteiger partial charge in [0.15, 0.2) is 0 Å². The van der Waals surface area contributed by atoms with Crippen molar-refractivity contribution in [2.24, 2.45) is 0 Å². The van der Waals surface area contributed by atoms with Crippen molar-refractivity contribution in [2.45, 2.75) is 12.3 Å². The Morgan fingerprint density at radius 2 is 2.20 bits per heavy atom. The number of hydrogen-bond donors (Lipinski definition) is 1. The van der Waals surface area contributed by atoms with Crippen molar-refractivity contribution in [3.05, 3.63) is 28.0 Å². The summed E-state index contributed by atoms with van der Waals surface area (Å²) in [5, 5.41) is 8.19. The highest BCUT2D eigenvalue weighted by Crippen LogP contribution is 2.28. The summed E-state index contributed by atoms with van der Waals surface area (Å²) in [5.74, 6) is -1.65. The quantitative estimate of drug-likeness (QED) is 0.667. The molecule has 0 bridgehead atoms. The largest absolute Gasteiger partial charge is 0.478 e. The topological polar surface area (TPSA) is 50.2 Å². The Balaban J connectivity index is 3.42. The van der Waals surface area contributed by atoms with Crippen LogP contribution in [-0.4, -0.2) is 16.1 Å². The zero-order valence-electron chi connectivity index (χ0n) is 7.18. The second kappa shape index (κ2) is 4.72. The first-order valence-corrected chi connectivity index (χ1v) is 4.65. The maximum absolute atomic E-state index is 12.5. The third kappa shape index (κ3) is 2.54. The molecule has 0 spiro atoms. The van der Waals surface area contributed by atoms with Crippen LogP contribution in [0.4, 0.5) is 8.78 Å². The SMILES string of the molecule is O=C(O)c1c(C(F)F)cc(CCl)nc1Cl. The summed E-state index contributed by atoms with van der Waals surface area (Å²) < 4.78 is 25.0. The lowest BCUT2D eigenvalue weighted by molar-refractivity contribution is 0.0684. The molecule has 3 nitrogen and oxygen atoms in total. The minimum atomic E-state index is -2.93. The Hall–Kier alpha value is -0.940. The molecular weight excluding hydrogens is 251 g/mol. The molecule has 0 aliphatic carbocycles. The summed E-state index contributed by atoms with van der Waals surface area (Å²) in [5.41, 5.74) is -1.24. The van der Waals surface area contributed by atoms with Crippen LogP contribution in [0.2, 0.25) is 5.15 Å². The van der Waals surface area contributed by atoms with Gasteiger partial charge in [0.25, 0.3) is 6.43 Å². The van der Waals surface area contributed by atoms with Crippen molar-refractivity contribution in [3.8, 4) is 0 Å². The van der Waals surface area contributed by atoms with E-state index in [0.29, 0.717) is 0 Å². The van der Waals surface area contributed by atoms with E-state index in [1.54, 1.807) is 0 Å². The fraction of sp³-hybridized carbons (Fsp3) is 0.250. The molecule has 7 heteroatoms. The Morgan fingerprint density at radius 3 is 2.60 bits per heavy atom. The molecule has 1 aromatic heterocycles. The van der Waals surface area contributed by atoms with Crippen molar-refractivity contribution in [3.63, 3.8) is 0 Å². The minimum Gasteiger partial charge on any atom is -0.478 e. The van der Waals surface area contributed by atoms with E-state index in [4.69, 9.17) is 28.3 Å². The molecule has 0 amide bonds. The number of nitrogens with zero attached hydrogens (tertiary/aromatic N) is 1. The van der Waals surface area contributed by atoms with Gasteiger partial charge in [-0.05, 0) is 6.07 Å². The van der Waals surface area contributed by atoms with Crippen LogP contribution in [0.3, 0.4) is 0 Å². The van der Waals surface area contributed by atoms with Gasteiger partial charge < -0.3 is 5.11 Å². The average molecular weight is 256 g/mol. The van der Waals surface area contributed by atoms with Crippen molar-refractivity contribution in [1.82, 2.24) is 4.98 Å². The van der Waals surface area contributed by atoms with Crippen molar-refractivity contribution in [2.75, 3.05) is 0 Å². The fourth-order valence-electron chi connectivity index (χ4n) is 1.04. The van der Waals surface area contributed by atoms with E-state index < -0.39 is 28.7 Å². The van der Waals surface area contributed by atoms with Crippen molar-refractivity contribution >= 4 is 29.2 Å². The van der Waals surface area contributed by atoms with Gasteiger partial charge in [0.1, 0.15) is 10.7 Å². The summed E-state index contributed by atoms with van der Waals surface area (Å²) in [4.78, 5) is 14.2. The average Bonchev–Trinajstić information content (AvgIpc) is 2.15. The Kier molecular flexibility index (Phi) is 3.82. The van der Waals surface area contributed by atoms with Gasteiger partial charge in [-0.15, -0.1) is 11.6 Å². The molecule has 0 fully saturated rings. The predicted octanol–water partition coefficient (Wildman–Crippen LogP) is 3.11. The zero-order valence-corrected chi connectivity index (χ0v) is 8.69. The number of carbonyl (C=O) groups is 1. The van der Waals surface area contributed by atoms with Gasteiger partial charge >= 0.3 is 5.97 Å². The van der Waals surface area contributed by atoms with Crippen LogP contribution in [-0.2, 0) is 5.88 Å². The molecule has 1 N–H and O–H groups in total. The molecule has 0 aromatic carbocycles. The van der Waals surface area contributed by atoms with Crippen LogP contribution in [0.1, 0.15) is 28.0 Å². The highest BCUT2D eigenvalue weighted by Gasteiger charge is 2.23. The molecule has 1 rings (SSSR count). The number of carboxylic acids is 1.